The molecule has 0 bridgehead atoms. The van der Waals surface area contributed by atoms with Crippen LogP contribution in [0, 0.1) is 11.8 Å². The molecular formula is C11H23NO. The summed E-state index contributed by atoms with van der Waals surface area (Å²) < 4.78 is 0. The standard InChI is InChI=1S/C11H23NO/c1-4-9(3)6-10(8-12)7-11(13)5-2/h9-10H,4-8,12H2,1-3H3. The highest BCUT2D eigenvalue weighted by Crippen LogP contribution is 2.17. The molecule has 0 heterocycles. The summed E-state index contributed by atoms with van der Waals surface area (Å²) in [4.78, 5) is 11.2. The van der Waals surface area contributed by atoms with E-state index in [1.165, 1.54) is 6.42 Å². The predicted molar refractivity (Wildman–Crippen MR) is 56.5 cm³/mol. The van der Waals surface area contributed by atoms with E-state index in [-0.39, 0.29) is 0 Å². The van der Waals surface area contributed by atoms with Crippen LogP contribution in [-0.2, 0) is 4.79 Å². The lowest BCUT2D eigenvalue weighted by Gasteiger charge is -2.17. The van der Waals surface area contributed by atoms with Crippen LogP contribution in [0.3, 0.4) is 0 Å². The molecule has 2 heteroatoms. The third-order valence-electron chi connectivity index (χ3n) is 2.68. The van der Waals surface area contributed by atoms with Crippen molar-refractivity contribution >= 4 is 5.78 Å². The molecule has 0 aliphatic carbocycles. The molecule has 0 aromatic carbocycles. The summed E-state index contributed by atoms with van der Waals surface area (Å²) in [5.74, 6) is 1.44. The molecule has 2 atom stereocenters. The van der Waals surface area contributed by atoms with Crippen molar-refractivity contribution in [2.45, 2.75) is 46.5 Å². The highest BCUT2D eigenvalue weighted by atomic mass is 16.1. The van der Waals surface area contributed by atoms with Crippen molar-refractivity contribution in [2.24, 2.45) is 17.6 Å². The fraction of sp³-hybridized carbons (Fsp3) is 0.909. The van der Waals surface area contributed by atoms with Gasteiger partial charge in [0.1, 0.15) is 5.78 Å². The molecule has 13 heavy (non-hydrogen) atoms. The summed E-state index contributed by atoms with van der Waals surface area (Å²) >= 11 is 0. The zero-order chi connectivity index (χ0) is 10.3. The van der Waals surface area contributed by atoms with Gasteiger partial charge in [0, 0.05) is 12.8 Å². The molecule has 2 N–H and O–H groups in total. The number of carbonyl (C=O) groups excluding carboxylic acids is 1. The maximum atomic E-state index is 11.2. The molecule has 0 amide bonds. The molecule has 2 nitrogen and oxygen atoms in total. The summed E-state index contributed by atoms with van der Waals surface area (Å²) in [6, 6.07) is 0. The summed E-state index contributed by atoms with van der Waals surface area (Å²) in [6.45, 7) is 6.97. The first-order valence-corrected chi connectivity index (χ1v) is 5.35. The van der Waals surface area contributed by atoms with E-state index in [1.807, 2.05) is 6.92 Å². The molecule has 0 fully saturated rings. The summed E-state index contributed by atoms with van der Waals surface area (Å²) in [5, 5.41) is 0. The van der Waals surface area contributed by atoms with Crippen LogP contribution in [0.1, 0.15) is 46.5 Å². The van der Waals surface area contributed by atoms with Gasteiger partial charge in [0.25, 0.3) is 0 Å². The molecule has 2 unspecified atom stereocenters. The van der Waals surface area contributed by atoms with E-state index < -0.39 is 0 Å². The topological polar surface area (TPSA) is 43.1 Å². The van der Waals surface area contributed by atoms with E-state index in [2.05, 4.69) is 13.8 Å². The van der Waals surface area contributed by atoms with Crippen LogP contribution in [0.25, 0.3) is 0 Å². The number of carbonyl (C=O) groups is 1. The van der Waals surface area contributed by atoms with E-state index in [0.29, 0.717) is 37.0 Å². The van der Waals surface area contributed by atoms with Gasteiger partial charge in [0.05, 0.1) is 0 Å². The second-order valence-corrected chi connectivity index (χ2v) is 3.95. The minimum absolute atomic E-state index is 0.346. The molecule has 0 aromatic heterocycles. The molecular weight excluding hydrogens is 162 g/mol. The zero-order valence-corrected chi connectivity index (χ0v) is 9.18. The van der Waals surface area contributed by atoms with Gasteiger partial charge >= 0.3 is 0 Å². The minimum Gasteiger partial charge on any atom is -0.330 e. The molecule has 0 radical (unpaired) electrons. The Morgan fingerprint density at radius 1 is 1.38 bits per heavy atom. The highest BCUT2D eigenvalue weighted by molar-refractivity contribution is 5.78. The van der Waals surface area contributed by atoms with Crippen molar-refractivity contribution in [3.05, 3.63) is 0 Å². The summed E-state index contributed by atoms with van der Waals surface area (Å²) in [6.07, 6.45) is 3.60. The lowest BCUT2D eigenvalue weighted by molar-refractivity contribution is -0.119. The monoisotopic (exact) mass is 185 g/mol. The first kappa shape index (κ1) is 12.6. The second-order valence-electron chi connectivity index (χ2n) is 3.95. The largest absolute Gasteiger partial charge is 0.330 e. The Morgan fingerprint density at radius 2 is 2.00 bits per heavy atom. The van der Waals surface area contributed by atoms with Crippen LogP contribution < -0.4 is 5.73 Å². The third kappa shape index (κ3) is 5.81. The number of hydrogen-bond donors (Lipinski definition) is 1. The van der Waals surface area contributed by atoms with Crippen molar-refractivity contribution in [1.82, 2.24) is 0 Å². The van der Waals surface area contributed by atoms with Gasteiger partial charge in [-0.2, -0.15) is 0 Å². The van der Waals surface area contributed by atoms with Crippen molar-refractivity contribution in [3.63, 3.8) is 0 Å². The minimum atomic E-state index is 0.346. The van der Waals surface area contributed by atoms with Gasteiger partial charge in [0.15, 0.2) is 0 Å². The first-order chi connectivity index (χ1) is 6.13. The number of ketones is 1. The number of nitrogens with two attached hydrogens (primary N) is 1. The van der Waals surface area contributed by atoms with Crippen molar-refractivity contribution in [1.29, 1.82) is 0 Å². The van der Waals surface area contributed by atoms with Crippen LogP contribution in [0.5, 0.6) is 0 Å². The van der Waals surface area contributed by atoms with Gasteiger partial charge in [0.2, 0.25) is 0 Å². The zero-order valence-electron chi connectivity index (χ0n) is 9.18. The number of hydrogen-bond acceptors (Lipinski definition) is 2. The normalized spacial score (nSPS) is 15.4. The quantitative estimate of drug-likeness (QED) is 0.661. The lowest BCUT2D eigenvalue weighted by atomic mass is 9.90. The Morgan fingerprint density at radius 3 is 2.38 bits per heavy atom. The smallest absolute Gasteiger partial charge is 0.132 e. The van der Waals surface area contributed by atoms with Crippen LogP contribution in [-0.4, -0.2) is 12.3 Å². The lowest BCUT2D eigenvalue weighted by Crippen LogP contribution is -2.20. The molecule has 0 rings (SSSR count). The van der Waals surface area contributed by atoms with E-state index in [9.17, 15) is 4.79 Å². The second kappa shape index (κ2) is 7.07. The Bertz CT molecular complexity index is 145. The molecule has 0 saturated carbocycles. The SMILES string of the molecule is CCC(=O)CC(CN)CC(C)CC. The Balaban J connectivity index is 3.81. The van der Waals surface area contributed by atoms with Crippen molar-refractivity contribution in [3.8, 4) is 0 Å². The fourth-order valence-corrected chi connectivity index (χ4v) is 1.46. The Hall–Kier alpha value is -0.370. The Kier molecular flexibility index (Phi) is 6.87. The molecule has 0 aliphatic heterocycles. The summed E-state index contributed by atoms with van der Waals surface area (Å²) in [7, 11) is 0. The number of rotatable bonds is 7. The van der Waals surface area contributed by atoms with E-state index in [1.54, 1.807) is 0 Å². The number of Topliss-reactive ketones (excluding diaryl/α,β-unsaturated/α-hetero) is 1. The first-order valence-electron chi connectivity index (χ1n) is 5.35. The van der Waals surface area contributed by atoms with Crippen LogP contribution in [0.4, 0.5) is 0 Å². The van der Waals surface area contributed by atoms with Gasteiger partial charge in [-0.05, 0) is 24.8 Å². The summed E-state index contributed by atoms with van der Waals surface area (Å²) in [5.41, 5.74) is 5.63. The third-order valence-corrected chi connectivity index (χ3v) is 2.68. The van der Waals surface area contributed by atoms with E-state index in [0.717, 1.165) is 6.42 Å². The molecule has 0 saturated heterocycles. The van der Waals surface area contributed by atoms with Gasteiger partial charge in [-0.15, -0.1) is 0 Å². The maximum Gasteiger partial charge on any atom is 0.132 e. The molecule has 0 spiro atoms. The Labute approximate surface area is 81.9 Å². The average Bonchev–Trinajstić information content (AvgIpc) is 2.16. The van der Waals surface area contributed by atoms with Gasteiger partial charge in [-0.25, -0.2) is 0 Å². The van der Waals surface area contributed by atoms with Crippen LogP contribution >= 0.6 is 0 Å². The maximum absolute atomic E-state index is 11.2. The van der Waals surface area contributed by atoms with Crippen molar-refractivity contribution < 1.29 is 4.79 Å². The fourth-order valence-electron chi connectivity index (χ4n) is 1.46. The predicted octanol–water partition coefficient (Wildman–Crippen LogP) is 2.37. The van der Waals surface area contributed by atoms with Crippen LogP contribution in [0.15, 0.2) is 0 Å². The van der Waals surface area contributed by atoms with E-state index >= 15 is 0 Å². The highest BCUT2D eigenvalue weighted by Gasteiger charge is 2.13. The molecule has 0 aliphatic rings. The van der Waals surface area contributed by atoms with Crippen molar-refractivity contribution in [2.75, 3.05) is 6.54 Å². The van der Waals surface area contributed by atoms with Gasteiger partial charge in [-0.1, -0.05) is 27.2 Å². The molecule has 0 aromatic rings. The van der Waals surface area contributed by atoms with Gasteiger partial charge < -0.3 is 5.73 Å². The average molecular weight is 185 g/mol. The van der Waals surface area contributed by atoms with Crippen LogP contribution in [0.2, 0.25) is 0 Å². The van der Waals surface area contributed by atoms with Gasteiger partial charge in [-0.3, -0.25) is 4.79 Å². The molecule has 78 valence electrons. The van der Waals surface area contributed by atoms with E-state index in [4.69, 9.17) is 5.73 Å².